The molecule has 2 aliphatic rings. The van der Waals surface area contributed by atoms with E-state index in [2.05, 4.69) is 0 Å². The highest BCUT2D eigenvalue weighted by atomic mass is 16.3. The van der Waals surface area contributed by atoms with Gasteiger partial charge in [-0.1, -0.05) is 13.8 Å². The van der Waals surface area contributed by atoms with Crippen molar-refractivity contribution in [2.75, 3.05) is 13.2 Å². The van der Waals surface area contributed by atoms with Crippen LogP contribution >= 0.6 is 0 Å². The summed E-state index contributed by atoms with van der Waals surface area (Å²) in [6.07, 6.45) is 2.42. The molecule has 0 spiro atoms. The van der Waals surface area contributed by atoms with Crippen LogP contribution in [0.5, 0.6) is 0 Å². The fraction of sp³-hybridized carbons (Fsp3) is 0.833. The highest BCUT2D eigenvalue weighted by Gasteiger charge is 2.72. The minimum atomic E-state index is -0.101. The van der Waals surface area contributed by atoms with Crippen molar-refractivity contribution in [3.8, 4) is 0 Å². The van der Waals surface area contributed by atoms with Gasteiger partial charge >= 0.3 is 0 Å². The zero-order chi connectivity index (χ0) is 11.9. The summed E-state index contributed by atoms with van der Waals surface area (Å²) in [7, 11) is 0. The lowest BCUT2D eigenvalue weighted by Gasteiger charge is -2.20. The van der Waals surface area contributed by atoms with Crippen molar-refractivity contribution in [1.82, 2.24) is 4.90 Å². The minimum absolute atomic E-state index is 0.0176. The molecule has 0 aromatic rings. The number of aliphatic hydroxyl groups excluding tert-OH is 1. The highest BCUT2D eigenvalue weighted by molar-refractivity contribution is 6.10. The van der Waals surface area contributed by atoms with Crippen molar-refractivity contribution in [1.29, 1.82) is 0 Å². The first-order valence-electron chi connectivity index (χ1n) is 5.98. The van der Waals surface area contributed by atoms with Crippen molar-refractivity contribution < 1.29 is 14.7 Å². The number of fused-ring (bicyclic) bond motifs is 1. The lowest BCUT2D eigenvalue weighted by Crippen LogP contribution is -2.36. The molecule has 4 heteroatoms. The molecule has 90 valence electrons. The molecule has 16 heavy (non-hydrogen) atoms. The maximum Gasteiger partial charge on any atom is 0.233 e. The summed E-state index contributed by atoms with van der Waals surface area (Å²) in [6.45, 7) is 4.68. The van der Waals surface area contributed by atoms with Gasteiger partial charge in [-0.2, -0.15) is 0 Å². The summed E-state index contributed by atoms with van der Waals surface area (Å²) in [4.78, 5) is 25.2. The Morgan fingerprint density at radius 3 is 2.19 bits per heavy atom. The second kappa shape index (κ2) is 3.84. The Balaban J connectivity index is 1.86. The fourth-order valence-corrected chi connectivity index (χ4v) is 2.78. The van der Waals surface area contributed by atoms with Gasteiger partial charge in [0, 0.05) is 13.2 Å². The third kappa shape index (κ3) is 1.56. The number of nitrogens with zero attached hydrogens (tertiary/aromatic N) is 1. The number of carbonyl (C=O) groups is 2. The van der Waals surface area contributed by atoms with Crippen LogP contribution < -0.4 is 0 Å². The quantitative estimate of drug-likeness (QED) is 0.556. The molecule has 0 aromatic heterocycles. The summed E-state index contributed by atoms with van der Waals surface area (Å²) < 4.78 is 0. The molecule has 0 radical (unpaired) electrons. The number of rotatable bonds is 5. The zero-order valence-electron chi connectivity index (χ0n) is 9.90. The molecular formula is C12H19NO3. The van der Waals surface area contributed by atoms with Crippen LogP contribution in [0.1, 0.15) is 33.1 Å². The molecule has 1 saturated heterocycles. The molecule has 1 heterocycles. The third-order valence-electron chi connectivity index (χ3n) is 3.93. The lowest BCUT2D eigenvalue weighted by molar-refractivity contribution is -0.143. The third-order valence-corrected chi connectivity index (χ3v) is 3.93. The molecule has 1 aliphatic carbocycles. The van der Waals surface area contributed by atoms with E-state index in [0.29, 0.717) is 6.54 Å². The minimum Gasteiger partial charge on any atom is -0.396 e. The molecule has 4 nitrogen and oxygen atoms in total. The molecule has 2 fully saturated rings. The van der Waals surface area contributed by atoms with Crippen molar-refractivity contribution >= 4 is 11.8 Å². The number of hydrogen-bond acceptors (Lipinski definition) is 3. The highest BCUT2D eigenvalue weighted by Crippen LogP contribution is 2.63. The second-order valence-electron chi connectivity index (χ2n) is 5.39. The maximum atomic E-state index is 11.9. The van der Waals surface area contributed by atoms with Crippen LogP contribution in [-0.2, 0) is 9.59 Å². The Morgan fingerprint density at radius 1 is 1.12 bits per heavy atom. The van der Waals surface area contributed by atoms with Gasteiger partial charge < -0.3 is 5.11 Å². The molecule has 0 aromatic carbocycles. The van der Waals surface area contributed by atoms with E-state index in [4.69, 9.17) is 5.11 Å². The Morgan fingerprint density at radius 2 is 1.69 bits per heavy atom. The first-order chi connectivity index (χ1) is 7.51. The van der Waals surface area contributed by atoms with Gasteiger partial charge in [0.25, 0.3) is 0 Å². The van der Waals surface area contributed by atoms with Gasteiger partial charge in [-0.05, 0) is 24.7 Å². The first kappa shape index (κ1) is 11.6. The second-order valence-corrected chi connectivity index (χ2v) is 5.39. The van der Waals surface area contributed by atoms with Crippen LogP contribution in [-0.4, -0.2) is 35.0 Å². The number of piperidine rings is 1. The van der Waals surface area contributed by atoms with Crippen LogP contribution in [0.3, 0.4) is 0 Å². The van der Waals surface area contributed by atoms with Crippen LogP contribution in [0, 0.1) is 17.3 Å². The summed E-state index contributed by atoms with van der Waals surface area (Å²) in [5.41, 5.74) is -0.101. The Hall–Kier alpha value is -0.900. The number of hydrogen-bond donors (Lipinski definition) is 1. The van der Waals surface area contributed by atoms with Crippen molar-refractivity contribution in [2.24, 2.45) is 17.3 Å². The van der Waals surface area contributed by atoms with E-state index >= 15 is 0 Å². The number of carbonyl (C=O) groups excluding carboxylic acids is 2. The molecule has 1 N–H and O–H groups in total. The molecular weight excluding hydrogens is 206 g/mol. The van der Waals surface area contributed by atoms with Crippen LogP contribution in [0.25, 0.3) is 0 Å². The monoisotopic (exact) mass is 225 g/mol. The standard InChI is InChI=1S/C12H19NO3/c1-12(2)8-9(12)11(16)13(10(8)15)6-4-3-5-7-14/h8-9,14H,3-7H2,1-2H3. The molecule has 2 amide bonds. The fourth-order valence-electron chi connectivity index (χ4n) is 2.78. The smallest absolute Gasteiger partial charge is 0.233 e. The van der Waals surface area contributed by atoms with E-state index < -0.39 is 0 Å². The van der Waals surface area contributed by atoms with Crippen LogP contribution in [0.15, 0.2) is 0 Å². The maximum absolute atomic E-state index is 11.9. The number of unbranched alkanes of at least 4 members (excludes halogenated alkanes) is 2. The van der Waals surface area contributed by atoms with Crippen molar-refractivity contribution in [3.63, 3.8) is 0 Å². The van der Waals surface area contributed by atoms with Gasteiger partial charge in [-0.15, -0.1) is 0 Å². The molecule has 2 rings (SSSR count). The summed E-state index contributed by atoms with van der Waals surface area (Å²) in [5, 5.41) is 8.63. The van der Waals surface area contributed by atoms with E-state index in [1.165, 1.54) is 4.90 Å². The molecule has 1 aliphatic heterocycles. The van der Waals surface area contributed by atoms with Crippen LogP contribution in [0.4, 0.5) is 0 Å². The van der Waals surface area contributed by atoms with Gasteiger partial charge in [-0.3, -0.25) is 14.5 Å². The van der Waals surface area contributed by atoms with E-state index in [1.807, 2.05) is 13.8 Å². The summed E-state index contributed by atoms with van der Waals surface area (Å²) in [5.74, 6) is -0.0799. The summed E-state index contributed by atoms with van der Waals surface area (Å²) >= 11 is 0. The predicted octanol–water partition coefficient (Wildman–Crippen LogP) is 0.790. The SMILES string of the molecule is CC1(C)C2C(=O)N(CCCCCO)C(=O)C21. The van der Waals surface area contributed by atoms with Crippen molar-refractivity contribution in [2.45, 2.75) is 33.1 Å². The van der Waals surface area contributed by atoms with E-state index in [1.54, 1.807) is 0 Å². The Labute approximate surface area is 95.6 Å². The lowest BCUT2D eigenvalue weighted by atomic mass is 10.1. The Bertz CT molecular complexity index is 300. The number of likely N-dealkylation sites (tertiary alicyclic amines) is 1. The average Bonchev–Trinajstić information content (AvgIpc) is 2.68. The van der Waals surface area contributed by atoms with Gasteiger partial charge in [0.05, 0.1) is 11.8 Å². The van der Waals surface area contributed by atoms with Gasteiger partial charge in [0.1, 0.15) is 0 Å². The van der Waals surface area contributed by atoms with Gasteiger partial charge in [-0.25, -0.2) is 0 Å². The number of amides is 2. The molecule has 2 atom stereocenters. The van der Waals surface area contributed by atoms with Gasteiger partial charge in [0.15, 0.2) is 0 Å². The van der Waals surface area contributed by atoms with E-state index in [9.17, 15) is 9.59 Å². The van der Waals surface area contributed by atoms with E-state index in [0.717, 1.165) is 19.3 Å². The average molecular weight is 225 g/mol. The molecule has 0 bridgehead atoms. The molecule has 1 saturated carbocycles. The van der Waals surface area contributed by atoms with Crippen molar-refractivity contribution in [3.05, 3.63) is 0 Å². The number of aliphatic hydroxyl groups is 1. The summed E-state index contributed by atoms with van der Waals surface area (Å²) in [6, 6.07) is 0. The predicted molar refractivity (Wildman–Crippen MR) is 58.4 cm³/mol. The van der Waals surface area contributed by atoms with Crippen LogP contribution in [0.2, 0.25) is 0 Å². The number of imide groups is 1. The van der Waals surface area contributed by atoms with Gasteiger partial charge in [0.2, 0.25) is 11.8 Å². The largest absolute Gasteiger partial charge is 0.396 e. The first-order valence-corrected chi connectivity index (χ1v) is 5.98. The molecule has 2 unspecified atom stereocenters. The topological polar surface area (TPSA) is 57.6 Å². The zero-order valence-corrected chi connectivity index (χ0v) is 9.90. The Kier molecular flexibility index (Phi) is 2.78. The normalized spacial score (nSPS) is 30.8. The van der Waals surface area contributed by atoms with E-state index in [-0.39, 0.29) is 35.7 Å².